The molecule has 2 nitrogen and oxygen atoms in total. The van der Waals surface area contributed by atoms with E-state index >= 15 is 0 Å². The molecule has 0 aliphatic heterocycles. The van der Waals surface area contributed by atoms with Gasteiger partial charge in [-0.3, -0.25) is 4.79 Å². The fourth-order valence-electron chi connectivity index (χ4n) is 1.26. The highest BCUT2D eigenvalue weighted by Gasteiger charge is 2.20. The highest BCUT2D eigenvalue weighted by molar-refractivity contribution is 5.98. The Hall–Kier alpha value is -0.890. The van der Waals surface area contributed by atoms with Crippen molar-refractivity contribution in [3.05, 3.63) is 23.8 Å². The lowest BCUT2D eigenvalue weighted by atomic mass is 10.1. The van der Waals surface area contributed by atoms with Gasteiger partial charge in [0.25, 0.3) is 0 Å². The number of aliphatic hydroxyl groups excluding tert-OH is 1. The normalized spacial score (nSPS) is 23.7. The van der Waals surface area contributed by atoms with Gasteiger partial charge in [0.05, 0.1) is 6.10 Å². The van der Waals surface area contributed by atoms with E-state index in [9.17, 15) is 4.79 Å². The molecule has 1 unspecified atom stereocenters. The molecule has 0 aromatic carbocycles. The third-order valence-electron chi connectivity index (χ3n) is 1.89. The Morgan fingerprint density at radius 2 is 2.42 bits per heavy atom. The molecule has 0 aromatic rings. The number of hydrogen-bond acceptors (Lipinski definition) is 2. The molecule has 0 heterocycles. The summed E-state index contributed by atoms with van der Waals surface area (Å²) in [6, 6.07) is 0. The monoisotopic (exact) mass is 166 g/mol. The first kappa shape index (κ1) is 9.20. The van der Waals surface area contributed by atoms with Crippen molar-refractivity contribution in [3.63, 3.8) is 0 Å². The molecule has 66 valence electrons. The highest BCUT2D eigenvalue weighted by Crippen LogP contribution is 2.17. The van der Waals surface area contributed by atoms with E-state index in [2.05, 4.69) is 6.92 Å². The van der Waals surface area contributed by atoms with Gasteiger partial charge in [0, 0.05) is 6.42 Å². The SMILES string of the molecule is CC/C=C\CC1=CC(O)CC1=O. The molecule has 1 aliphatic rings. The van der Waals surface area contributed by atoms with Gasteiger partial charge in [-0.15, -0.1) is 0 Å². The van der Waals surface area contributed by atoms with Crippen LogP contribution >= 0.6 is 0 Å². The molecule has 0 spiro atoms. The van der Waals surface area contributed by atoms with Gasteiger partial charge >= 0.3 is 0 Å². The van der Waals surface area contributed by atoms with E-state index in [1.165, 1.54) is 0 Å². The number of carbonyl (C=O) groups excluding carboxylic acids is 1. The van der Waals surface area contributed by atoms with Crippen molar-refractivity contribution in [2.24, 2.45) is 0 Å². The summed E-state index contributed by atoms with van der Waals surface area (Å²) in [5.41, 5.74) is 0.757. The molecule has 1 atom stereocenters. The largest absolute Gasteiger partial charge is 0.389 e. The molecule has 0 radical (unpaired) electrons. The van der Waals surface area contributed by atoms with Crippen molar-refractivity contribution in [1.82, 2.24) is 0 Å². The lowest BCUT2D eigenvalue weighted by Gasteiger charge is -1.92. The summed E-state index contributed by atoms with van der Waals surface area (Å²) in [5.74, 6) is 0.0863. The van der Waals surface area contributed by atoms with Crippen LogP contribution in [-0.2, 0) is 4.79 Å². The van der Waals surface area contributed by atoms with Crippen LogP contribution in [0.3, 0.4) is 0 Å². The van der Waals surface area contributed by atoms with Crippen LogP contribution in [0.1, 0.15) is 26.2 Å². The van der Waals surface area contributed by atoms with Crippen LogP contribution in [0.15, 0.2) is 23.8 Å². The molecule has 0 amide bonds. The Balaban J connectivity index is 2.47. The predicted molar refractivity (Wildman–Crippen MR) is 47.8 cm³/mol. The fourth-order valence-corrected chi connectivity index (χ4v) is 1.26. The van der Waals surface area contributed by atoms with Gasteiger partial charge < -0.3 is 5.11 Å². The minimum Gasteiger partial charge on any atom is -0.389 e. The summed E-state index contributed by atoms with van der Waals surface area (Å²) in [7, 11) is 0. The minimum atomic E-state index is -0.539. The van der Waals surface area contributed by atoms with E-state index < -0.39 is 6.10 Å². The summed E-state index contributed by atoms with van der Waals surface area (Å²) in [4.78, 5) is 11.1. The van der Waals surface area contributed by atoms with Crippen LogP contribution in [-0.4, -0.2) is 17.0 Å². The molecule has 2 heteroatoms. The van der Waals surface area contributed by atoms with Gasteiger partial charge in [0.1, 0.15) is 0 Å². The third-order valence-corrected chi connectivity index (χ3v) is 1.89. The topological polar surface area (TPSA) is 37.3 Å². The second-order valence-electron chi connectivity index (χ2n) is 2.97. The lowest BCUT2D eigenvalue weighted by molar-refractivity contribution is -0.115. The molecule has 1 aliphatic carbocycles. The van der Waals surface area contributed by atoms with Crippen molar-refractivity contribution >= 4 is 5.78 Å². The van der Waals surface area contributed by atoms with Crippen molar-refractivity contribution in [1.29, 1.82) is 0 Å². The standard InChI is InChI=1S/C10H14O2/c1-2-3-4-5-8-6-9(11)7-10(8)12/h3-4,6,9,11H,2,5,7H2,1H3/b4-3-. The van der Waals surface area contributed by atoms with Crippen molar-refractivity contribution in [2.75, 3.05) is 0 Å². The molecule has 0 aromatic heterocycles. The van der Waals surface area contributed by atoms with Crippen LogP contribution < -0.4 is 0 Å². The number of carbonyl (C=O) groups is 1. The van der Waals surface area contributed by atoms with E-state index in [-0.39, 0.29) is 12.2 Å². The van der Waals surface area contributed by atoms with Gasteiger partial charge in [-0.05, 0) is 24.5 Å². The van der Waals surface area contributed by atoms with Gasteiger partial charge in [-0.1, -0.05) is 19.1 Å². The molecule has 0 bridgehead atoms. The van der Waals surface area contributed by atoms with E-state index in [1.807, 2.05) is 12.2 Å². The van der Waals surface area contributed by atoms with Crippen molar-refractivity contribution in [3.8, 4) is 0 Å². The summed E-state index contributed by atoms with van der Waals surface area (Å²) in [6.07, 6.45) is 7.05. The zero-order chi connectivity index (χ0) is 8.97. The van der Waals surface area contributed by atoms with Gasteiger partial charge in [-0.25, -0.2) is 0 Å². The summed E-state index contributed by atoms with van der Waals surface area (Å²) < 4.78 is 0. The van der Waals surface area contributed by atoms with Crippen molar-refractivity contribution in [2.45, 2.75) is 32.3 Å². The fraction of sp³-hybridized carbons (Fsp3) is 0.500. The molecule has 12 heavy (non-hydrogen) atoms. The van der Waals surface area contributed by atoms with Gasteiger partial charge in [0.2, 0.25) is 0 Å². The van der Waals surface area contributed by atoms with E-state index in [0.29, 0.717) is 6.42 Å². The first-order chi connectivity index (χ1) is 5.74. The zero-order valence-electron chi connectivity index (χ0n) is 7.29. The number of rotatable bonds is 3. The highest BCUT2D eigenvalue weighted by atomic mass is 16.3. The van der Waals surface area contributed by atoms with E-state index in [1.54, 1.807) is 6.08 Å². The Labute approximate surface area is 72.6 Å². The quantitative estimate of drug-likeness (QED) is 0.646. The Morgan fingerprint density at radius 1 is 1.67 bits per heavy atom. The number of Topliss-reactive ketones (excluding diaryl/α,β-unsaturated/α-hetero) is 1. The number of allylic oxidation sites excluding steroid dienone is 3. The first-order valence-corrected chi connectivity index (χ1v) is 4.31. The van der Waals surface area contributed by atoms with Crippen molar-refractivity contribution < 1.29 is 9.90 Å². The molecule has 0 fully saturated rings. The summed E-state index contributed by atoms with van der Waals surface area (Å²) in [6.45, 7) is 2.05. The van der Waals surface area contributed by atoms with Crippen LogP contribution in [0.25, 0.3) is 0 Å². The smallest absolute Gasteiger partial charge is 0.161 e. The minimum absolute atomic E-state index is 0.0863. The molecule has 0 saturated carbocycles. The van der Waals surface area contributed by atoms with Crippen LogP contribution in [0.2, 0.25) is 0 Å². The van der Waals surface area contributed by atoms with Crippen LogP contribution in [0.4, 0.5) is 0 Å². The van der Waals surface area contributed by atoms with Crippen LogP contribution in [0, 0.1) is 0 Å². The molecule has 0 saturated heterocycles. The maximum Gasteiger partial charge on any atom is 0.161 e. The predicted octanol–water partition coefficient (Wildman–Crippen LogP) is 1.60. The average Bonchev–Trinajstić information content (AvgIpc) is 2.31. The molecule has 1 N–H and O–H groups in total. The molecule has 1 rings (SSSR count). The lowest BCUT2D eigenvalue weighted by Crippen LogP contribution is -2.00. The zero-order valence-corrected chi connectivity index (χ0v) is 7.29. The Morgan fingerprint density at radius 3 is 2.92 bits per heavy atom. The summed E-state index contributed by atoms with van der Waals surface area (Å²) in [5, 5.41) is 9.11. The first-order valence-electron chi connectivity index (χ1n) is 4.31. The maximum atomic E-state index is 11.1. The van der Waals surface area contributed by atoms with Gasteiger partial charge in [-0.2, -0.15) is 0 Å². The number of hydrogen-bond donors (Lipinski definition) is 1. The number of ketones is 1. The average molecular weight is 166 g/mol. The second kappa shape index (κ2) is 4.21. The maximum absolute atomic E-state index is 11.1. The number of aliphatic hydroxyl groups is 1. The van der Waals surface area contributed by atoms with Crippen LogP contribution in [0.5, 0.6) is 0 Å². The Bertz CT molecular complexity index is 226. The summed E-state index contributed by atoms with van der Waals surface area (Å²) >= 11 is 0. The van der Waals surface area contributed by atoms with E-state index in [0.717, 1.165) is 12.0 Å². The van der Waals surface area contributed by atoms with E-state index in [4.69, 9.17) is 5.11 Å². The Kier molecular flexibility index (Phi) is 3.23. The third kappa shape index (κ3) is 2.31. The second-order valence-corrected chi connectivity index (χ2v) is 2.97. The molecular weight excluding hydrogens is 152 g/mol. The molecular formula is C10H14O2. The van der Waals surface area contributed by atoms with Gasteiger partial charge in [0.15, 0.2) is 5.78 Å².